The van der Waals surface area contributed by atoms with Crippen LogP contribution in [0, 0.1) is 0 Å². The maximum absolute atomic E-state index is 11.5. The number of esters is 1. The molecule has 1 heterocycles. The maximum atomic E-state index is 11.5. The molecule has 0 radical (unpaired) electrons. The first-order chi connectivity index (χ1) is 7.91. The number of rotatable bonds is 5. The first-order valence-electron chi connectivity index (χ1n) is 5.03. The number of ether oxygens (including phenoxy) is 2. The minimum Gasteiger partial charge on any atom is -0.465 e. The largest absolute Gasteiger partial charge is 0.465 e. The van der Waals surface area contributed by atoms with E-state index < -0.39 is 5.97 Å². The smallest absolute Gasteiger partial charge is 0.344 e. The molecule has 0 aliphatic carbocycles. The maximum Gasteiger partial charge on any atom is 0.344 e. The average molecular weight is 259 g/mol. The molecule has 0 saturated carbocycles. The molecule has 0 saturated heterocycles. The Morgan fingerprint density at radius 1 is 1.53 bits per heavy atom. The Balaban J connectivity index is 2.82. The summed E-state index contributed by atoms with van der Waals surface area (Å²) in [4.78, 5) is 11.5. The van der Waals surface area contributed by atoms with E-state index >= 15 is 0 Å². The molecule has 0 aliphatic rings. The fraction of sp³-hybridized carbons (Fsp3) is 0.600. The monoisotopic (exact) mass is 259 g/mol. The van der Waals surface area contributed by atoms with Gasteiger partial charge in [0.1, 0.15) is 10.6 Å². The molecule has 96 valence electrons. The van der Waals surface area contributed by atoms with Crippen LogP contribution < -0.4 is 11.1 Å². The number of aromatic nitrogens is 1. The van der Waals surface area contributed by atoms with Gasteiger partial charge in [0.15, 0.2) is 5.82 Å². The van der Waals surface area contributed by atoms with Crippen LogP contribution in [-0.2, 0) is 9.47 Å². The minimum absolute atomic E-state index is 0.180. The van der Waals surface area contributed by atoms with Crippen LogP contribution in [0.3, 0.4) is 0 Å². The zero-order valence-corrected chi connectivity index (χ0v) is 11.2. The van der Waals surface area contributed by atoms with Crippen LogP contribution in [0.2, 0.25) is 0 Å². The number of nitrogens with zero attached hydrogens (tertiary/aromatic N) is 1. The highest BCUT2D eigenvalue weighted by Crippen LogP contribution is 2.28. The van der Waals surface area contributed by atoms with Crippen molar-refractivity contribution < 1.29 is 14.3 Å². The Hall–Kier alpha value is -1.34. The second-order valence-corrected chi connectivity index (χ2v) is 4.85. The van der Waals surface area contributed by atoms with E-state index in [0.717, 1.165) is 11.5 Å². The summed E-state index contributed by atoms with van der Waals surface area (Å²) in [5.41, 5.74) is 5.56. The molecule has 0 aromatic carbocycles. The van der Waals surface area contributed by atoms with Gasteiger partial charge in [0.05, 0.1) is 12.7 Å². The topological polar surface area (TPSA) is 86.5 Å². The highest BCUT2D eigenvalue weighted by molar-refractivity contribution is 7.11. The van der Waals surface area contributed by atoms with E-state index in [4.69, 9.17) is 10.5 Å². The van der Waals surface area contributed by atoms with Gasteiger partial charge in [0.25, 0.3) is 0 Å². The van der Waals surface area contributed by atoms with Crippen LogP contribution in [0.15, 0.2) is 0 Å². The first-order valence-corrected chi connectivity index (χ1v) is 5.81. The summed E-state index contributed by atoms with van der Waals surface area (Å²) in [6, 6.07) is 0. The van der Waals surface area contributed by atoms with Crippen LogP contribution in [0.5, 0.6) is 0 Å². The third kappa shape index (κ3) is 3.31. The van der Waals surface area contributed by atoms with Gasteiger partial charge >= 0.3 is 5.97 Å². The molecule has 0 unspecified atom stereocenters. The lowest BCUT2D eigenvalue weighted by Crippen LogP contribution is -2.32. The van der Waals surface area contributed by atoms with Crippen molar-refractivity contribution in [2.45, 2.75) is 19.4 Å². The summed E-state index contributed by atoms with van der Waals surface area (Å²) < 4.78 is 13.8. The summed E-state index contributed by atoms with van der Waals surface area (Å²) in [6.07, 6.45) is 0. The average Bonchev–Trinajstić information content (AvgIpc) is 2.67. The molecule has 6 nitrogen and oxygen atoms in total. The fourth-order valence-corrected chi connectivity index (χ4v) is 1.78. The summed E-state index contributed by atoms with van der Waals surface area (Å²) >= 11 is 1.13. The summed E-state index contributed by atoms with van der Waals surface area (Å²) in [5.74, 6) is -0.312. The lowest BCUT2D eigenvalue weighted by Gasteiger charge is -2.23. The van der Waals surface area contributed by atoms with Crippen molar-refractivity contribution in [2.75, 3.05) is 31.8 Å². The zero-order valence-electron chi connectivity index (χ0n) is 10.4. The molecular weight excluding hydrogens is 242 g/mol. The van der Waals surface area contributed by atoms with Crippen molar-refractivity contribution >= 4 is 28.3 Å². The van der Waals surface area contributed by atoms with Crippen molar-refractivity contribution in [2.24, 2.45) is 0 Å². The number of carbonyl (C=O) groups excluding carboxylic acids is 1. The molecule has 3 N–H and O–H groups in total. The van der Waals surface area contributed by atoms with Crippen molar-refractivity contribution in [3.8, 4) is 0 Å². The number of methoxy groups -OCH3 is 2. The summed E-state index contributed by atoms with van der Waals surface area (Å²) in [7, 11) is 2.94. The van der Waals surface area contributed by atoms with Crippen LogP contribution >= 0.6 is 11.5 Å². The molecule has 0 amide bonds. The van der Waals surface area contributed by atoms with E-state index in [1.807, 2.05) is 13.8 Å². The van der Waals surface area contributed by atoms with E-state index in [9.17, 15) is 4.79 Å². The highest BCUT2D eigenvalue weighted by atomic mass is 32.1. The van der Waals surface area contributed by atoms with Gasteiger partial charge in [-0.25, -0.2) is 4.79 Å². The molecule has 1 aromatic heterocycles. The Labute approximate surface area is 104 Å². The minimum atomic E-state index is -0.492. The van der Waals surface area contributed by atoms with Crippen molar-refractivity contribution in [3.63, 3.8) is 0 Å². The van der Waals surface area contributed by atoms with Crippen LogP contribution in [0.1, 0.15) is 24.2 Å². The Morgan fingerprint density at radius 3 is 2.71 bits per heavy atom. The van der Waals surface area contributed by atoms with Crippen molar-refractivity contribution in [3.05, 3.63) is 5.56 Å². The molecule has 1 rings (SSSR count). The molecule has 7 heteroatoms. The van der Waals surface area contributed by atoms with Gasteiger partial charge in [-0.2, -0.15) is 4.37 Å². The van der Waals surface area contributed by atoms with Crippen molar-refractivity contribution in [1.29, 1.82) is 0 Å². The molecule has 17 heavy (non-hydrogen) atoms. The second-order valence-electron chi connectivity index (χ2n) is 4.08. The molecule has 0 aliphatic heterocycles. The van der Waals surface area contributed by atoms with Gasteiger partial charge in [-0.15, -0.1) is 0 Å². The van der Waals surface area contributed by atoms with Gasteiger partial charge in [0.2, 0.25) is 0 Å². The van der Waals surface area contributed by atoms with Gasteiger partial charge < -0.3 is 20.5 Å². The quantitative estimate of drug-likeness (QED) is 0.776. The second kappa shape index (κ2) is 5.33. The van der Waals surface area contributed by atoms with E-state index in [-0.39, 0.29) is 17.0 Å². The van der Waals surface area contributed by atoms with Crippen LogP contribution in [0.4, 0.5) is 10.8 Å². The SMILES string of the molecule is COC(=O)c1c(N)nsc1NCC(C)(C)OC. The first kappa shape index (κ1) is 13.7. The highest BCUT2D eigenvalue weighted by Gasteiger charge is 2.22. The normalized spacial score (nSPS) is 11.3. The van der Waals surface area contributed by atoms with Gasteiger partial charge in [-0.1, -0.05) is 0 Å². The van der Waals surface area contributed by atoms with Crippen LogP contribution in [-0.4, -0.2) is 36.7 Å². The standard InChI is InChI=1S/C10H17N3O3S/c1-10(2,16-4)5-12-8-6(9(14)15-3)7(11)13-17-8/h12H,5H2,1-4H3,(H2,11,13). The van der Waals surface area contributed by atoms with Gasteiger partial charge in [0, 0.05) is 13.7 Å². The number of hydrogen-bond acceptors (Lipinski definition) is 7. The van der Waals surface area contributed by atoms with Gasteiger partial charge in [-0.3, -0.25) is 0 Å². The predicted octanol–water partition coefficient (Wildman–Crippen LogP) is 1.35. The number of nitrogens with two attached hydrogens (primary N) is 1. The summed E-state index contributed by atoms with van der Waals surface area (Å²) in [5, 5.41) is 3.69. The number of carbonyl (C=O) groups is 1. The molecule has 0 atom stereocenters. The van der Waals surface area contributed by atoms with Crippen LogP contribution in [0.25, 0.3) is 0 Å². The third-order valence-electron chi connectivity index (χ3n) is 2.34. The summed E-state index contributed by atoms with van der Waals surface area (Å²) in [6.45, 7) is 4.40. The van der Waals surface area contributed by atoms with Crippen molar-refractivity contribution in [1.82, 2.24) is 4.37 Å². The number of hydrogen-bond donors (Lipinski definition) is 2. The molecule has 0 fully saturated rings. The predicted molar refractivity (Wildman–Crippen MR) is 67.4 cm³/mol. The van der Waals surface area contributed by atoms with Gasteiger partial charge in [-0.05, 0) is 25.4 Å². The number of nitrogens with one attached hydrogen (secondary N) is 1. The number of nitrogen functional groups attached to an aromatic ring is 1. The van der Waals surface area contributed by atoms with E-state index in [0.29, 0.717) is 11.5 Å². The molecule has 0 spiro atoms. The third-order valence-corrected chi connectivity index (χ3v) is 3.15. The van der Waals surface area contributed by atoms with E-state index in [2.05, 4.69) is 14.4 Å². The lowest BCUT2D eigenvalue weighted by atomic mass is 10.1. The molecule has 1 aromatic rings. The Kier molecular flexibility index (Phi) is 4.30. The molecular formula is C10H17N3O3S. The van der Waals surface area contributed by atoms with E-state index in [1.54, 1.807) is 7.11 Å². The molecule has 0 bridgehead atoms. The number of anilines is 2. The fourth-order valence-electron chi connectivity index (χ4n) is 1.09. The lowest BCUT2D eigenvalue weighted by molar-refractivity contribution is 0.0343. The zero-order chi connectivity index (χ0) is 13.1. The van der Waals surface area contributed by atoms with E-state index in [1.165, 1.54) is 7.11 Å². The Bertz CT molecular complexity index is 404. The Morgan fingerprint density at radius 2 is 2.18 bits per heavy atom.